The Labute approximate surface area is 141 Å². The van der Waals surface area contributed by atoms with Gasteiger partial charge in [0, 0.05) is 18.1 Å². The number of benzene rings is 2. The van der Waals surface area contributed by atoms with Gasteiger partial charge in [-0.25, -0.2) is 0 Å². The van der Waals surface area contributed by atoms with Crippen LogP contribution in [0.2, 0.25) is 0 Å². The van der Waals surface area contributed by atoms with Crippen LogP contribution in [-0.2, 0) is 6.42 Å². The van der Waals surface area contributed by atoms with E-state index in [2.05, 4.69) is 0 Å². The molecule has 0 amide bonds. The first-order chi connectivity index (χ1) is 11.5. The van der Waals surface area contributed by atoms with E-state index in [1.54, 1.807) is 0 Å². The van der Waals surface area contributed by atoms with Gasteiger partial charge in [-0.15, -0.1) is 0 Å². The first-order valence-electron chi connectivity index (χ1n) is 8.08. The molecule has 2 unspecified atom stereocenters. The van der Waals surface area contributed by atoms with Crippen molar-refractivity contribution in [3.8, 4) is 17.2 Å². The highest BCUT2D eigenvalue weighted by Gasteiger charge is 2.33. The molecule has 2 aromatic rings. The van der Waals surface area contributed by atoms with E-state index >= 15 is 0 Å². The van der Waals surface area contributed by atoms with E-state index < -0.39 is 6.10 Å². The molecule has 2 aromatic carbocycles. The Morgan fingerprint density at radius 2 is 1.88 bits per heavy atom. The fourth-order valence-electron chi connectivity index (χ4n) is 3.03. The van der Waals surface area contributed by atoms with E-state index in [-0.39, 0.29) is 17.6 Å². The zero-order valence-corrected chi connectivity index (χ0v) is 13.9. The molecule has 0 bridgehead atoms. The van der Waals surface area contributed by atoms with Crippen LogP contribution in [0, 0.1) is 0 Å². The minimum Gasteiger partial charge on any atom is -0.507 e. The van der Waals surface area contributed by atoms with Crippen molar-refractivity contribution < 1.29 is 20.1 Å². The van der Waals surface area contributed by atoms with Gasteiger partial charge in [0.05, 0.1) is 11.7 Å². The quantitative estimate of drug-likeness (QED) is 0.741. The molecule has 0 radical (unpaired) electrons. The first-order valence-corrected chi connectivity index (χ1v) is 8.08. The summed E-state index contributed by atoms with van der Waals surface area (Å²) in [5, 5.41) is 30.9. The van der Waals surface area contributed by atoms with Crippen molar-refractivity contribution in [1.82, 2.24) is 0 Å². The van der Waals surface area contributed by atoms with Crippen LogP contribution < -0.4 is 4.74 Å². The number of phenolic OH excluding ortho intramolecular Hbond substituents is 2. The van der Waals surface area contributed by atoms with Crippen LogP contribution in [0.25, 0.3) is 0 Å². The zero-order chi connectivity index (χ0) is 17.3. The highest BCUT2D eigenvalue weighted by atomic mass is 16.5. The number of fused-ring (bicyclic) bond motifs is 1. The van der Waals surface area contributed by atoms with Gasteiger partial charge in [-0.3, -0.25) is 0 Å². The summed E-state index contributed by atoms with van der Waals surface area (Å²) in [7, 11) is 0. The third-order valence-corrected chi connectivity index (χ3v) is 4.29. The predicted octanol–water partition coefficient (Wildman–Crippen LogP) is 4.16. The Balaban J connectivity index is 2.07. The number of phenols is 2. The lowest BCUT2D eigenvalue weighted by atomic mass is 9.91. The fourth-order valence-corrected chi connectivity index (χ4v) is 3.03. The average molecular weight is 326 g/mol. The zero-order valence-electron chi connectivity index (χ0n) is 13.9. The van der Waals surface area contributed by atoms with Gasteiger partial charge in [0.1, 0.15) is 23.4 Å². The van der Waals surface area contributed by atoms with Crippen molar-refractivity contribution in [3.05, 3.63) is 64.7 Å². The van der Waals surface area contributed by atoms with Gasteiger partial charge in [0.2, 0.25) is 0 Å². The van der Waals surface area contributed by atoms with Crippen molar-refractivity contribution in [1.29, 1.82) is 0 Å². The molecule has 0 saturated heterocycles. The lowest BCUT2D eigenvalue weighted by molar-refractivity contribution is 0.0623. The standard InChI is InChI=1S/C20H22O4/c1-12(2)8-9-14-15(21)10-16(22)19-17(23)11-18(24-20(14)19)13-6-4-3-5-7-13/h3-8,10,17-18,21-23H,9,11H2,1-2H3. The molecular weight excluding hydrogens is 304 g/mol. The van der Waals surface area contributed by atoms with Crippen LogP contribution in [0.1, 0.15) is 49.2 Å². The summed E-state index contributed by atoms with van der Waals surface area (Å²) in [5.74, 6) is 0.227. The number of aliphatic hydroxyl groups excluding tert-OH is 1. The van der Waals surface area contributed by atoms with E-state index in [0.717, 1.165) is 11.1 Å². The first kappa shape index (κ1) is 16.4. The maximum atomic E-state index is 10.5. The maximum Gasteiger partial charge on any atom is 0.136 e. The van der Waals surface area contributed by atoms with E-state index in [1.165, 1.54) is 6.07 Å². The van der Waals surface area contributed by atoms with E-state index in [0.29, 0.717) is 29.7 Å². The van der Waals surface area contributed by atoms with Crippen LogP contribution in [-0.4, -0.2) is 15.3 Å². The van der Waals surface area contributed by atoms with Crippen molar-refractivity contribution >= 4 is 0 Å². The Hall–Kier alpha value is -2.46. The second kappa shape index (κ2) is 6.57. The lowest BCUT2D eigenvalue weighted by Crippen LogP contribution is -2.20. The highest BCUT2D eigenvalue weighted by molar-refractivity contribution is 5.59. The number of allylic oxidation sites excluding steroid dienone is 2. The van der Waals surface area contributed by atoms with E-state index in [1.807, 2.05) is 50.3 Å². The molecule has 1 aliphatic heterocycles. The average Bonchev–Trinajstić information content (AvgIpc) is 2.54. The Kier molecular flexibility index (Phi) is 4.49. The van der Waals surface area contributed by atoms with Gasteiger partial charge >= 0.3 is 0 Å². The topological polar surface area (TPSA) is 69.9 Å². The second-order valence-corrected chi connectivity index (χ2v) is 6.39. The number of rotatable bonds is 3. The normalized spacial score (nSPS) is 19.3. The number of hydrogen-bond donors (Lipinski definition) is 3. The van der Waals surface area contributed by atoms with Gasteiger partial charge in [-0.1, -0.05) is 42.0 Å². The summed E-state index contributed by atoms with van der Waals surface area (Å²) in [6, 6.07) is 10.9. The molecule has 24 heavy (non-hydrogen) atoms. The summed E-state index contributed by atoms with van der Waals surface area (Å²) in [5.41, 5.74) is 3.02. The second-order valence-electron chi connectivity index (χ2n) is 6.39. The Bertz CT molecular complexity index is 761. The lowest BCUT2D eigenvalue weighted by Gasteiger charge is -2.32. The van der Waals surface area contributed by atoms with Crippen LogP contribution in [0.15, 0.2) is 48.0 Å². The van der Waals surface area contributed by atoms with Crippen molar-refractivity contribution in [2.45, 2.75) is 38.9 Å². The summed E-state index contributed by atoms with van der Waals surface area (Å²) in [4.78, 5) is 0. The molecule has 1 aliphatic rings. The van der Waals surface area contributed by atoms with Crippen molar-refractivity contribution in [2.24, 2.45) is 0 Å². The molecule has 0 spiro atoms. The van der Waals surface area contributed by atoms with Gasteiger partial charge in [-0.2, -0.15) is 0 Å². The monoisotopic (exact) mass is 326 g/mol. The highest BCUT2D eigenvalue weighted by Crippen LogP contribution is 2.49. The number of hydrogen-bond acceptors (Lipinski definition) is 4. The summed E-state index contributed by atoms with van der Waals surface area (Å²) in [6.07, 6.45) is 1.65. The Morgan fingerprint density at radius 3 is 2.54 bits per heavy atom. The van der Waals surface area contributed by atoms with E-state index in [4.69, 9.17) is 4.74 Å². The van der Waals surface area contributed by atoms with E-state index in [9.17, 15) is 15.3 Å². The van der Waals surface area contributed by atoms with Crippen LogP contribution in [0.3, 0.4) is 0 Å². The number of aromatic hydroxyl groups is 2. The SMILES string of the molecule is CC(C)=CCc1c(O)cc(O)c2c1OC(c1ccccc1)CC2O. The number of aliphatic hydroxyl groups is 1. The molecule has 2 atom stereocenters. The van der Waals surface area contributed by atoms with Crippen molar-refractivity contribution in [3.63, 3.8) is 0 Å². The molecule has 4 nitrogen and oxygen atoms in total. The summed E-state index contributed by atoms with van der Waals surface area (Å²) in [6.45, 7) is 3.96. The fraction of sp³-hybridized carbons (Fsp3) is 0.300. The number of ether oxygens (including phenoxy) is 1. The molecule has 126 valence electrons. The summed E-state index contributed by atoms with van der Waals surface area (Å²) >= 11 is 0. The molecule has 0 fully saturated rings. The molecule has 4 heteroatoms. The predicted molar refractivity (Wildman–Crippen MR) is 92.3 cm³/mol. The third-order valence-electron chi connectivity index (χ3n) is 4.29. The van der Waals surface area contributed by atoms with Gasteiger partial charge in [0.15, 0.2) is 0 Å². The molecule has 3 rings (SSSR count). The molecule has 0 aromatic heterocycles. The van der Waals surface area contributed by atoms with Gasteiger partial charge in [0.25, 0.3) is 0 Å². The van der Waals surface area contributed by atoms with Gasteiger partial charge < -0.3 is 20.1 Å². The molecule has 0 saturated carbocycles. The molecule has 3 N–H and O–H groups in total. The van der Waals surface area contributed by atoms with Crippen molar-refractivity contribution in [2.75, 3.05) is 0 Å². The van der Waals surface area contributed by atoms with Crippen LogP contribution in [0.5, 0.6) is 17.2 Å². The largest absolute Gasteiger partial charge is 0.507 e. The smallest absolute Gasteiger partial charge is 0.136 e. The van der Waals surface area contributed by atoms with Crippen LogP contribution in [0.4, 0.5) is 0 Å². The minimum atomic E-state index is -0.843. The maximum absolute atomic E-state index is 10.5. The van der Waals surface area contributed by atoms with Gasteiger partial charge in [-0.05, 0) is 25.8 Å². The molecule has 0 aliphatic carbocycles. The summed E-state index contributed by atoms with van der Waals surface area (Å²) < 4.78 is 6.10. The van der Waals surface area contributed by atoms with Crippen LogP contribution >= 0.6 is 0 Å². The third kappa shape index (κ3) is 3.10. The molecular formula is C20H22O4. The Morgan fingerprint density at radius 1 is 1.17 bits per heavy atom. The minimum absolute atomic E-state index is 0.0235. The molecule has 1 heterocycles.